The molecule has 2 amide bonds. The van der Waals surface area contributed by atoms with Gasteiger partial charge in [-0.05, 0) is 12.0 Å². The Morgan fingerprint density at radius 2 is 1.48 bits per heavy atom. The van der Waals surface area contributed by atoms with Crippen LogP contribution < -0.4 is 16.4 Å². The Hall–Kier alpha value is -2.20. The molecule has 0 bridgehead atoms. The highest BCUT2D eigenvalue weighted by Gasteiger charge is 2.27. The summed E-state index contributed by atoms with van der Waals surface area (Å²) in [6, 6.07) is 5.16. The van der Waals surface area contributed by atoms with E-state index in [1.54, 1.807) is 24.3 Å². The van der Waals surface area contributed by atoms with Gasteiger partial charge >= 0.3 is 5.97 Å². The predicted octanol–water partition coefficient (Wildman–Crippen LogP) is -1.98. The van der Waals surface area contributed by atoms with E-state index in [0.717, 1.165) is 5.56 Å². The second-order valence-electron chi connectivity index (χ2n) is 5.12. The van der Waals surface area contributed by atoms with Crippen LogP contribution in [0.2, 0.25) is 0 Å². The van der Waals surface area contributed by atoms with Crippen LogP contribution in [0.5, 0.6) is 0 Å². The van der Waals surface area contributed by atoms with E-state index in [0.29, 0.717) is 0 Å². The van der Waals surface area contributed by atoms with Gasteiger partial charge in [0.15, 0.2) is 0 Å². The number of hydrogen-bond donors (Lipinski definition) is 6. The number of aliphatic hydroxyl groups excluding tert-OH is 2. The molecule has 10 heteroatoms. The summed E-state index contributed by atoms with van der Waals surface area (Å²) in [6.07, 6.45) is 0.237. The van der Waals surface area contributed by atoms with Crippen LogP contribution in [0.4, 0.5) is 0 Å². The summed E-state index contributed by atoms with van der Waals surface area (Å²) in [5, 5.41) is 31.1. The number of halogens is 1. The molecule has 3 atom stereocenters. The number of carboxylic acids is 1. The third-order valence-electron chi connectivity index (χ3n) is 3.25. The minimum Gasteiger partial charge on any atom is -0.480 e. The van der Waals surface area contributed by atoms with E-state index in [1.807, 2.05) is 11.4 Å². The molecule has 1 rings (SSSR count). The Bertz CT molecular complexity index is 572. The van der Waals surface area contributed by atoms with E-state index in [4.69, 9.17) is 15.9 Å². The molecule has 0 saturated heterocycles. The van der Waals surface area contributed by atoms with Crippen LogP contribution in [0.1, 0.15) is 5.56 Å². The van der Waals surface area contributed by atoms with Gasteiger partial charge < -0.3 is 31.7 Å². The minimum atomic E-state index is -1.53. The fourth-order valence-corrected chi connectivity index (χ4v) is 1.89. The number of amides is 2. The summed E-state index contributed by atoms with van der Waals surface area (Å²) in [5.41, 5.74) is 6.60. The number of carbonyl (C=O) groups is 3. The van der Waals surface area contributed by atoms with Gasteiger partial charge in [-0.2, -0.15) is 0 Å². The van der Waals surface area contributed by atoms with E-state index in [-0.39, 0.29) is 18.8 Å². The molecule has 0 spiro atoms. The molecule has 1 aromatic carbocycles. The minimum absolute atomic E-state index is 0. The average molecular weight is 376 g/mol. The summed E-state index contributed by atoms with van der Waals surface area (Å²) in [4.78, 5) is 34.6. The van der Waals surface area contributed by atoms with Gasteiger partial charge in [0.25, 0.3) is 0 Å². The van der Waals surface area contributed by atoms with Gasteiger partial charge in [-0.15, -0.1) is 12.4 Å². The van der Waals surface area contributed by atoms with Crippen molar-refractivity contribution in [1.29, 1.82) is 0 Å². The zero-order valence-electron chi connectivity index (χ0n) is 13.3. The normalized spacial score (nSPS) is 13.7. The number of hydrogen-bond acceptors (Lipinski definition) is 6. The largest absolute Gasteiger partial charge is 0.480 e. The lowest BCUT2D eigenvalue weighted by Gasteiger charge is -2.20. The van der Waals surface area contributed by atoms with Crippen LogP contribution >= 0.6 is 12.4 Å². The van der Waals surface area contributed by atoms with Crippen molar-refractivity contribution in [2.75, 3.05) is 13.2 Å². The van der Waals surface area contributed by atoms with Gasteiger partial charge in [0.2, 0.25) is 11.8 Å². The monoisotopic (exact) mass is 375 g/mol. The molecule has 1 aromatic rings. The highest BCUT2D eigenvalue weighted by atomic mass is 35.5. The van der Waals surface area contributed by atoms with Crippen LogP contribution in [0.25, 0.3) is 0 Å². The van der Waals surface area contributed by atoms with Gasteiger partial charge in [0.05, 0.1) is 19.3 Å². The second-order valence-corrected chi connectivity index (χ2v) is 5.12. The Morgan fingerprint density at radius 3 is 1.96 bits per heavy atom. The predicted molar refractivity (Wildman–Crippen MR) is 91.0 cm³/mol. The Balaban J connectivity index is 0.00000576. The molecule has 0 saturated carbocycles. The first-order chi connectivity index (χ1) is 11.4. The number of carboxylic acid groups (broad SMARTS) is 1. The third kappa shape index (κ3) is 7.48. The number of nitrogens with two attached hydrogens (primary N) is 1. The Kier molecular flexibility index (Phi) is 10.4. The van der Waals surface area contributed by atoms with Crippen molar-refractivity contribution >= 4 is 30.2 Å². The summed E-state index contributed by atoms with van der Waals surface area (Å²) >= 11 is 0. The van der Waals surface area contributed by atoms with E-state index >= 15 is 0 Å². The molecule has 0 aromatic heterocycles. The van der Waals surface area contributed by atoms with Crippen LogP contribution in [-0.2, 0) is 20.8 Å². The maximum atomic E-state index is 12.0. The first kappa shape index (κ1) is 22.8. The molecule has 25 heavy (non-hydrogen) atoms. The van der Waals surface area contributed by atoms with Gasteiger partial charge in [0.1, 0.15) is 12.1 Å². The molecule has 7 N–H and O–H groups in total. The summed E-state index contributed by atoms with van der Waals surface area (Å²) < 4.78 is 0. The average Bonchev–Trinajstić information content (AvgIpc) is 2.57. The van der Waals surface area contributed by atoms with Crippen molar-refractivity contribution in [2.45, 2.75) is 24.5 Å². The molecule has 0 aliphatic rings. The highest BCUT2D eigenvalue weighted by molar-refractivity contribution is 5.91. The fraction of sp³-hybridized carbons (Fsp3) is 0.400. The van der Waals surface area contributed by atoms with Crippen molar-refractivity contribution < 1.29 is 29.7 Å². The summed E-state index contributed by atoms with van der Waals surface area (Å²) in [7, 11) is 0. The second kappa shape index (κ2) is 11.4. The van der Waals surface area contributed by atoms with Gasteiger partial charge in [0, 0.05) is 0 Å². The number of aliphatic hydroxyl groups is 2. The molecule has 0 fully saturated rings. The molecular weight excluding hydrogens is 354 g/mol. The van der Waals surface area contributed by atoms with Crippen molar-refractivity contribution in [1.82, 2.24) is 10.6 Å². The van der Waals surface area contributed by atoms with Gasteiger partial charge in [-0.25, -0.2) is 4.79 Å². The zero-order valence-corrected chi connectivity index (χ0v) is 14.1. The maximum Gasteiger partial charge on any atom is 0.328 e. The molecule has 9 nitrogen and oxygen atoms in total. The first-order valence-corrected chi connectivity index (χ1v) is 7.23. The number of benzene rings is 1. The van der Waals surface area contributed by atoms with Crippen molar-refractivity contribution in [3.63, 3.8) is 0 Å². The van der Waals surface area contributed by atoms with Crippen molar-refractivity contribution in [3.8, 4) is 0 Å². The lowest BCUT2D eigenvalue weighted by molar-refractivity contribution is -0.143. The van der Waals surface area contributed by atoms with E-state index in [9.17, 15) is 19.5 Å². The highest BCUT2D eigenvalue weighted by Crippen LogP contribution is 2.02. The van der Waals surface area contributed by atoms with Gasteiger partial charge in [-0.1, -0.05) is 30.3 Å². The van der Waals surface area contributed by atoms with Crippen molar-refractivity contribution in [2.24, 2.45) is 5.73 Å². The smallest absolute Gasteiger partial charge is 0.328 e. The SMILES string of the molecule is Cl.NC(Cc1ccccc1)C(=O)NC(CO)C(=O)NC(CO)C(=O)O. The van der Waals surface area contributed by atoms with Crippen LogP contribution in [0, 0.1) is 0 Å². The molecule has 0 aliphatic heterocycles. The molecular formula is C15H22ClN3O6. The van der Waals surface area contributed by atoms with E-state index in [1.165, 1.54) is 0 Å². The molecule has 0 heterocycles. The van der Waals surface area contributed by atoms with Gasteiger partial charge in [-0.3, -0.25) is 9.59 Å². The van der Waals surface area contributed by atoms with Crippen LogP contribution in [0.3, 0.4) is 0 Å². The molecule has 0 radical (unpaired) electrons. The number of aliphatic carboxylic acids is 1. The number of nitrogens with one attached hydrogen (secondary N) is 2. The summed E-state index contributed by atoms with van der Waals surface area (Å²) in [5.74, 6) is -3.03. The standard InChI is InChI=1S/C15H21N3O6.ClH/c16-10(6-9-4-2-1-3-5-9)13(21)17-11(7-19)14(22)18-12(8-20)15(23)24;/h1-5,10-12,19-20H,6-8,16H2,(H,17,21)(H,18,22)(H,23,24);1H. The summed E-state index contributed by atoms with van der Waals surface area (Å²) in [6.45, 7) is -1.56. The van der Waals surface area contributed by atoms with E-state index in [2.05, 4.69) is 5.32 Å². The fourth-order valence-electron chi connectivity index (χ4n) is 1.89. The lowest BCUT2D eigenvalue weighted by Crippen LogP contribution is -2.56. The lowest BCUT2D eigenvalue weighted by atomic mass is 10.1. The molecule has 0 aliphatic carbocycles. The zero-order chi connectivity index (χ0) is 18.1. The molecule has 140 valence electrons. The van der Waals surface area contributed by atoms with Crippen molar-refractivity contribution in [3.05, 3.63) is 35.9 Å². The topological polar surface area (TPSA) is 162 Å². The number of rotatable bonds is 9. The Morgan fingerprint density at radius 1 is 0.960 bits per heavy atom. The van der Waals surface area contributed by atoms with Crippen LogP contribution in [-0.4, -0.2) is 64.4 Å². The van der Waals surface area contributed by atoms with Crippen LogP contribution in [0.15, 0.2) is 30.3 Å². The maximum absolute atomic E-state index is 12.0. The Labute approximate surface area is 150 Å². The van der Waals surface area contributed by atoms with E-state index < -0.39 is 49.1 Å². The number of carbonyl (C=O) groups excluding carboxylic acids is 2. The molecule has 3 unspecified atom stereocenters. The first-order valence-electron chi connectivity index (χ1n) is 7.23. The quantitative estimate of drug-likeness (QED) is 0.291. The third-order valence-corrected chi connectivity index (χ3v) is 3.25.